The molecule has 2 aromatic rings. The fourth-order valence-corrected chi connectivity index (χ4v) is 6.99. The molecule has 5 N–H and O–H groups in total. The lowest BCUT2D eigenvalue weighted by molar-refractivity contribution is -0.145. The summed E-state index contributed by atoms with van der Waals surface area (Å²) in [5.41, 5.74) is 8.93. The molecule has 4 aliphatic rings. The number of nitrogens with two attached hydrogens (primary N) is 1. The molecule has 2 aromatic carbocycles. The van der Waals surface area contributed by atoms with Crippen molar-refractivity contribution in [2.24, 2.45) is 23.0 Å². The van der Waals surface area contributed by atoms with E-state index in [-0.39, 0.29) is 36.6 Å². The molecular formula is C36H42ClN5O6. The van der Waals surface area contributed by atoms with Crippen molar-refractivity contribution in [2.75, 3.05) is 6.54 Å². The van der Waals surface area contributed by atoms with E-state index in [0.29, 0.717) is 23.6 Å². The largest absolute Gasteiger partial charge is 0.363 e. The Morgan fingerprint density at radius 3 is 2.42 bits per heavy atom. The number of amides is 4. The van der Waals surface area contributed by atoms with Crippen LogP contribution in [0.3, 0.4) is 0 Å². The van der Waals surface area contributed by atoms with Crippen molar-refractivity contribution in [3.05, 3.63) is 76.8 Å². The number of ketones is 1. The summed E-state index contributed by atoms with van der Waals surface area (Å²) < 4.78 is 0. The first-order valence-electron chi connectivity index (χ1n) is 16.5. The van der Waals surface area contributed by atoms with Gasteiger partial charge in [0.15, 0.2) is 0 Å². The van der Waals surface area contributed by atoms with E-state index in [1.54, 1.807) is 18.2 Å². The summed E-state index contributed by atoms with van der Waals surface area (Å²) in [4.78, 5) is 74.3. The van der Waals surface area contributed by atoms with Crippen LogP contribution in [0.4, 0.5) is 0 Å². The van der Waals surface area contributed by atoms with Crippen molar-refractivity contribution in [2.45, 2.75) is 82.5 Å². The van der Waals surface area contributed by atoms with Crippen molar-refractivity contribution >= 4 is 46.7 Å². The second-order valence-corrected chi connectivity index (χ2v) is 15.1. The molecule has 1 spiro atoms. The minimum absolute atomic E-state index is 0.00341. The molecule has 11 nitrogen and oxygen atoms in total. The number of carbonyl (C=O) groups excluding carboxylic acids is 5. The number of hydroxylamine groups is 1. The van der Waals surface area contributed by atoms with Crippen LogP contribution in [0.2, 0.25) is 5.02 Å². The average molecular weight is 676 g/mol. The van der Waals surface area contributed by atoms with E-state index in [0.717, 1.165) is 24.0 Å². The standard InChI is InChI=1S/C36H42ClN5O6/c1-35(2,3)30(40-32(45)25-16-24(25)21-8-5-4-6-9-21)34(47)42-19-36(17-27(41-48-36)22-10-7-11-23(37)15-22)18-28(42)33(46)39-26(14-20-12-13-20)29(43)31(38)44/h4-11,15,17,20,24-26,28,30,41H,12-14,16,18-19H2,1-3H3,(H2,38,44)(H,39,46)(H,40,45)/t24-,25+,26-,28-,30+,36+/m0/s1. The third-order valence-electron chi connectivity index (χ3n) is 9.74. The van der Waals surface area contributed by atoms with Crippen LogP contribution in [-0.2, 0) is 28.8 Å². The van der Waals surface area contributed by atoms with Gasteiger partial charge in [0.05, 0.1) is 18.3 Å². The Labute approximate surface area is 284 Å². The zero-order chi connectivity index (χ0) is 34.4. The van der Waals surface area contributed by atoms with Gasteiger partial charge in [0.25, 0.3) is 5.91 Å². The number of benzene rings is 2. The van der Waals surface area contributed by atoms with Crippen LogP contribution in [0, 0.1) is 17.3 Å². The van der Waals surface area contributed by atoms with Gasteiger partial charge in [-0.15, -0.1) is 0 Å². The first-order valence-corrected chi connectivity index (χ1v) is 16.8. The summed E-state index contributed by atoms with van der Waals surface area (Å²) in [7, 11) is 0. The van der Waals surface area contributed by atoms with E-state index >= 15 is 0 Å². The second kappa shape index (κ2) is 13.0. The average Bonchev–Trinajstić information content (AvgIpc) is 3.97. The van der Waals surface area contributed by atoms with Crippen molar-refractivity contribution < 1.29 is 28.8 Å². The number of Topliss-reactive ketones (excluding diaryl/α,β-unsaturated/α-hetero) is 1. The van der Waals surface area contributed by atoms with E-state index in [1.807, 2.05) is 63.2 Å². The fraction of sp³-hybridized carbons (Fsp3) is 0.472. The summed E-state index contributed by atoms with van der Waals surface area (Å²) in [5, 5.41) is 6.29. The van der Waals surface area contributed by atoms with Gasteiger partial charge in [-0.3, -0.25) is 34.3 Å². The van der Waals surface area contributed by atoms with Crippen LogP contribution in [0.15, 0.2) is 60.7 Å². The van der Waals surface area contributed by atoms with Gasteiger partial charge in [-0.2, -0.15) is 0 Å². The molecule has 0 bridgehead atoms. The second-order valence-electron chi connectivity index (χ2n) is 14.7. The minimum atomic E-state index is -1.13. The highest BCUT2D eigenvalue weighted by Gasteiger charge is 2.54. The summed E-state index contributed by atoms with van der Waals surface area (Å²) >= 11 is 6.23. The number of hydrogen-bond acceptors (Lipinski definition) is 7. The smallest absolute Gasteiger partial charge is 0.287 e. The summed E-state index contributed by atoms with van der Waals surface area (Å²) in [6.07, 6.45) is 4.66. The number of hydrogen-bond donors (Lipinski definition) is 4. The molecule has 6 rings (SSSR count). The number of likely N-dealkylation sites (tertiary alicyclic amines) is 1. The number of primary amides is 1. The summed E-state index contributed by atoms with van der Waals surface area (Å²) in [6.45, 7) is 5.58. The quantitative estimate of drug-likeness (QED) is 0.266. The maximum Gasteiger partial charge on any atom is 0.287 e. The molecule has 2 aliphatic carbocycles. The molecule has 1 saturated heterocycles. The molecule has 48 heavy (non-hydrogen) atoms. The molecule has 254 valence electrons. The van der Waals surface area contributed by atoms with Crippen molar-refractivity contribution in [3.8, 4) is 0 Å². The number of nitrogens with zero attached hydrogens (tertiary/aromatic N) is 1. The molecule has 2 heterocycles. The summed E-state index contributed by atoms with van der Waals surface area (Å²) in [5.74, 6) is -3.24. The van der Waals surface area contributed by atoms with Crippen molar-refractivity contribution in [1.82, 2.24) is 21.0 Å². The lowest BCUT2D eigenvalue weighted by Crippen LogP contribution is -2.59. The minimum Gasteiger partial charge on any atom is -0.363 e. The van der Waals surface area contributed by atoms with Gasteiger partial charge in [0.1, 0.15) is 17.7 Å². The van der Waals surface area contributed by atoms with Crippen LogP contribution in [-0.4, -0.2) is 64.6 Å². The Morgan fingerprint density at radius 1 is 1.04 bits per heavy atom. The van der Waals surface area contributed by atoms with Crippen LogP contribution in [0.1, 0.15) is 69.9 Å². The molecule has 3 fully saturated rings. The molecule has 2 saturated carbocycles. The van der Waals surface area contributed by atoms with Gasteiger partial charge in [-0.25, -0.2) is 0 Å². The van der Waals surface area contributed by atoms with Gasteiger partial charge in [-0.1, -0.05) is 87.7 Å². The molecule has 2 aliphatic heterocycles. The topological polar surface area (TPSA) is 160 Å². The number of nitrogens with one attached hydrogen (secondary N) is 3. The molecule has 0 unspecified atom stereocenters. The molecule has 0 aromatic heterocycles. The molecular weight excluding hydrogens is 634 g/mol. The first-order chi connectivity index (χ1) is 22.7. The number of carbonyl (C=O) groups is 5. The van der Waals surface area contributed by atoms with Gasteiger partial charge in [0.2, 0.25) is 23.5 Å². The maximum atomic E-state index is 14.6. The molecule has 4 amide bonds. The van der Waals surface area contributed by atoms with E-state index in [4.69, 9.17) is 22.2 Å². The highest BCUT2D eigenvalue weighted by molar-refractivity contribution is 6.37. The third kappa shape index (κ3) is 7.27. The van der Waals surface area contributed by atoms with Crippen LogP contribution < -0.4 is 21.8 Å². The zero-order valence-electron chi connectivity index (χ0n) is 27.3. The highest BCUT2D eigenvalue weighted by Crippen LogP contribution is 2.48. The van der Waals surface area contributed by atoms with Crippen LogP contribution >= 0.6 is 11.6 Å². The van der Waals surface area contributed by atoms with Crippen LogP contribution in [0.25, 0.3) is 5.70 Å². The normalized spacial score (nSPS) is 25.9. The monoisotopic (exact) mass is 675 g/mol. The van der Waals surface area contributed by atoms with Crippen LogP contribution in [0.5, 0.6) is 0 Å². The Hall–Kier alpha value is -4.22. The zero-order valence-corrected chi connectivity index (χ0v) is 28.1. The lowest BCUT2D eigenvalue weighted by atomic mass is 9.85. The Bertz CT molecular complexity index is 1650. The fourth-order valence-electron chi connectivity index (χ4n) is 6.80. The number of halogens is 1. The van der Waals surface area contributed by atoms with E-state index < -0.39 is 52.6 Å². The Morgan fingerprint density at radius 2 is 1.77 bits per heavy atom. The van der Waals surface area contributed by atoms with Crippen molar-refractivity contribution in [1.29, 1.82) is 0 Å². The van der Waals surface area contributed by atoms with E-state index in [1.165, 1.54) is 4.90 Å². The lowest BCUT2D eigenvalue weighted by Gasteiger charge is -2.35. The molecule has 0 radical (unpaired) electrons. The van der Waals surface area contributed by atoms with Gasteiger partial charge < -0.3 is 21.3 Å². The van der Waals surface area contributed by atoms with E-state index in [2.05, 4.69) is 16.1 Å². The highest BCUT2D eigenvalue weighted by atomic mass is 35.5. The molecule has 12 heteroatoms. The summed E-state index contributed by atoms with van der Waals surface area (Å²) in [6, 6.07) is 13.9. The number of rotatable bonds is 11. The maximum absolute atomic E-state index is 14.6. The van der Waals surface area contributed by atoms with E-state index in [9.17, 15) is 24.0 Å². The van der Waals surface area contributed by atoms with Crippen molar-refractivity contribution in [3.63, 3.8) is 0 Å². The van der Waals surface area contributed by atoms with Gasteiger partial charge >= 0.3 is 0 Å². The SMILES string of the molecule is CC(C)(C)[C@H](NC(=O)[C@@H]1C[C@H]1c1ccccc1)C(=O)N1C[C@@]2(C=C(c3cccc(Cl)c3)NO2)C[C@H]1C(=O)N[C@@H](CC1CC1)C(=O)C(N)=O. The van der Waals surface area contributed by atoms with Gasteiger partial charge in [-0.05, 0) is 53.9 Å². The Balaban J connectivity index is 1.27. The van der Waals surface area contributed by atoms with Gasteiger partial charge in [0, 0.05) is 22.9 Å². The first kappa shape index (κ1) is 33.7. The predicted molar refractivity (Wildman–Crippen MR) is 179 cm³/mol. The predicted octanol–water partition coefficient (Wildman–Crippen LogP) is 3.23. The third-order valence-corrected chi connectivity index (χ3v) is 9.98. The molecule has 6 atom stereocenters. The Kier molecular flexibility index (Phi) is 9.12.